The Morgan fingerprint density at radius 1 is 1.13 bits per heavy atom. The van der Waals surface area contributed by atoms with Gasteiger partial charge < -0.3 is 19.3 Å². The largest absolute Gasteiger partial charge is 0.507 e. The normalized spacial score (nSPS) is 19.7. The minimum absolute atomic E-state index is 0.0260. The van der Waals surface area contributed by atoms with Crippen molar-refractivity contribution in [2.75, 3.05) is 18.1 Å². The third-order valence-electron chi connectivity index (χ3n) is 6.67. The Labute approximate surface area is 231 Å². The van der Waals surface area contributed by atoms with Crippen LogP contribution in [-0.2, 0) is 16.0 Å². The standard InChI is InChI=1S/C29H31N3O6S/c1-5-7-12-37-22-11-8-18(15-23(22)36-6-2)25-24(27(34)28(35)32(25)29-31-30-17(4)39-29)26(33)19-9-10-21-20(14-19)13-16(3)38-21/h8-11,14-16,25,33H,5-7,12-13H2,1-4H3. The summed E-state index contributed by atoms with van der Waals surface area (Å²) in [5.41, 5.74) is 1.92. The maximum atomic E-state index is 13.5. The predicted molar refractivity (Wildman–Crippen MR) is 148 cm³/mol. The lowest BCUT2D eigenvalue weighted by Crippen LogP contribution is -2.29. The minimum atomic E-state index is -0.940. The summed E-state index contributed by atoms with van der Waals surface area (Å²) in [4.78, 5) is 28.2. The molecular weight excluding hydrogens is 518 g/mol. The molecule has 1 N–H and O–H groups in total. The number of carbonyl (C=O) groups excluding carboxylic acids is 2. The Morgan fingerprint density at radius 2 is 1.95 bits per heavy atom. The van der Waals surface area contributed by atoms with Gasteiger partial charge >= 0.3 is 5.91 Å². The van der Waals surface area contributed by atoms with Gasteiger partial charge in [0.1, 0.15) is 22.6 Å². The molecule has 3 heterocycles. The zero-order valence-electron chi connectivity index (χ0n) is 22.4. The van der Waals surface area contributed by atoms with E-state index in [0.29, 0.717) is 47.3 Å². The maximum Gasteiger partial charge on any atom is 0.301 e. The van der Waals surface area contributed by atoms with Gasteiger partial charge in [-0.3, -0.25) is 14.5 Å². The first kappa shape index (κ1) is 26.7. The Bertz CT molecular complexity index is 1450. The van der Waals surface area contributed by atoms with E-state index < -0.39 is 17.7 Å². The van der Waals surface area contributed by atoms with Crippen LogP contribution < -0.4 is 19.1 Å². The molecule has 2 aliphatic heterocycles. The molecule has 0 radical (unpaired) electrons. The van der Waals surface area contributed by atoms with Gasteiger partial charge in [-0.2, -0.15) is 0 Å². The van der Waals surface area contributed by atoms with Crippen LogP contribution in [-0.4, -0.2) is 46.3 Å². The van der Waals surface area contributed by atoms with E-state index in [1.54, 1.807) is 37.3 Å². The summed E-state index contributed by atoms with van der Waals surface area (Å²) in [6.45, 7) is 8.65. The number of ether oxygens (including phenoxy) is 3. The van der Waals surface area contributed by atoms with Crippen molar-refractivity contribution >= 4 is 33.9 Å². The second-order valence-electron chi connectivity index (χ2n) is 9.57. The van der Waals surface area contributed by atoms with Crippen LogP contribution in [0.4, 0.5) is 5.13 Å². The number of aromatic nitrogens is 2. The van der Waals surface area contributed by atoms with E-state index >= 15 is 0 Å². The second-order valence-corrected chi connectivity index (χ2v) is 10.7. The van der Waals surface area contributed by atoms with E-state index in [1.165, 1.54) is 16.2 Å². The van der Waals surface area contributed by atoms with Crippen molar-refractivity contribution in [1.82, 2.24) is 10.2 Å². The summed E-state index contributed by atoms with van der Waals surface area (Å²) in [5, 5.41) is 20.7. The van der Waals surface area contributed by atoms with Gasteiger partial charge in [0.2, 0.25) is 5.13 Å². The minimum Gasteiger partial charge on any atom is -0.507 e. The van der Waals surface area contributed by atoms with Gasteiger partial charge in [0.25, 0.3) is 5.78 Å². The van der Waals surface area contributed by atoms with Crippen molar-refractivity contribution in [2.24, 2.45) is 0 Å². The van der Waals surface area contributed by atoms with Crippen molar-refractivity contribution in [3.63, 3.8) is 0 Å². The molecule has 0 saturated carbocycles. The molecule has 2 atom stereocenters. The van der Waals surface area contributed by atoms with Crippen molar-refractivity contribution in [3.05, 3.63) is 63.7 Å². The molecule has 3 aromatic rings. The van der Waals surface area contributed by atoms with Crippen LogP contribution in [0.3, 0.4) is 0 Å². The van der Waals surface area contributed by atoms with Crippen LogP contribution in [0, 0.1) is 6.92 Å². The van der Waals surface area contributed by atoms with Crippen LogP contribution in [0.25, 0.3) is 5.76 Å². The average Bonchev–Trinajstić information content (AvgIpc) is 3.59. The number of unbranched alkanes of at least 4 members (excludes halogenated alkanes) is 1. The van der Waals surface area contributed by atoms with Gasteiger partial charge in [-0.15, -0.1) is 10.2 Å². The topological polar surface area (TPSA) is 111 Å². The Kier molecular flexibility index (Phi) is 7.56. The molecule has 1 saturated heterocycles. The summed E-state index contributed by atoms with van der Waals surface area (Å²) < 4.78 is 17.6. The SMILES string of the molecule is CCCCOc1ccc(C2C(=C(O)c3ccc4c(c3)CC(C)O4)C(=O)C(=O)N2c2nnc(C)s2)cc1OCC. The molecule has 2 unspecified atom stereocenters. The van der Waals surface area contributed by atoms with Crippen LogP contribution in [0.15, 0.2) is 42.0 Å². The molecule has 2 aromatic carbocycles. The lowest BCUT2D eigenvalue weighted by molar-refractivity contribution is -0.132. The third kappa shape index (κ3) is 5.08. The van der Waals surface area contributed by atoms with Gasteiger partial charge in [-0.05, 0) is 68.7 Å². The molecule has 9 nitrogen and oxygen atoms in total. The lowest BCUT2D eigenvalue weighted by atomic mass is 9.94. The predicted octanol–water partition coefficient (Wildman–Crippen LogP) is 5.37. The number of hydrogen-bond acceptors (Lipinski definition) is 9. The molecule has 2 aliphatic rings. The smallest absolute Gasteiger partial charge is 0.301 e. The number of hydrogen-bond donors (Lipinski definition) is 1. The Balaban J connectivity index is 1.64. The number of carbonyl (C=O) groups is 2. The number of benzene rings is 2. The van der Waals surface area contributed by atoms with E-state index in [-0.39, 0.29) is 22.6 Å². The van der Waals surface area contributed by atoms with Crippen LogP contribution in [0.1, 0.15) is 61.4 Å². The molecule has 0 spiro atoms. The number of anilines is 1. The average molecular weight is 550 g/mol. The summed E-state index contributed by atoms with van der Waals surface area (Å²) in [5.74, 6) is -0.0147. The van der Waals surface area contributed by atoms with Crippen molar-refractivity contribution in [3.8, 4) is 17.2 Å². The Hall–Kier alpha value is -3.92. The number of aryl methyl sites for hydroxylation is 1. The molecule has 10 heteroatoms. The van der Waals surface area contributed by atoms with Gasteiger partial charge in [0.15, 0.2) is 11.5 Å². The highest BCUT2D eigenvalue weighted by Gasteiger charge is 2.48. The number of ketones is 1. The fourth-order valence-electron chi connectivity index (χ4n) is 4.86. The first-order valence-corrected chi connectivity index (χ1v) is 13.9. The number of amides is 1. The molecule has 204 valence electrons. The van der Waals surface area contributed by atoms with Crippen LogP contribution in [0.2, 0.25) is 0 Å². The summed E-state index contributed by atoms with van der Waals surface area (Å²) in [7, 11) is 0. The monoisotopic (exact) mass is 549 g/mol. The zero-order valence-corrected chi connectivity index (χ0v) is 23.2. The summed E-state index contributed by atoms with van der Waals surface area (Å²) in [6, 6.07) is 9.66. The maximum absolute atomic E-state index is 13.5. The molecule has 1 fully saturated rings. The summed E-state index contributed by atoms with van der Waals surface area (Å²) >= 11 is 1.20. The molecular formula is C29H31N3O6S. The Morgan fingerprint density at radius 3 is 2.67 bits per heavy atom. The molecule has 0 aliphatic carbocycles. The first-order valence-electron chi connectivity index (χ1n) is 13.1. The summed E-state index contributed by atoms with van der Waals surface area (Å²) in [6.07, 6.45) is 2.61. The number of aliphatic hydroxyl groups is 1. The highest BCUT2D eigenvalue weighted by atomic mass is 32.1. The van der Waals surface area contributed by atoms with E-state index in [2.05, 4.69) is 17.1 Å². The van der Waals surface area contributed by atoms with E-state index in [9.17, 15) is 14.7 Å². The van der Waals surface area contributed by atoms with Crippen molar-refractivity contribution in [2.45, 2.75) is 59.1 Å². The van der Waals surface area contributed by atoms with Crippen molar-refractivity contribution in [1.29, 1.82) is 0 Å². The number of aliphatic hydroxyl groups excluding tert-OH is 1. The van der Waals surface area contributed by atoms with Gasteiger partial charge in [-0.25, -0.2) is 0 Å². The zero-order chi connectivity index (χ0) is 27.7. The fraction of sp³-hybridized carbons (Fsp3) is 0.379. The molecule has 5 rings (SSSR count). The molecule has 39 heavy (non-hydrogen) atoms. The molecule has 1 aromatic heterocycles. The number of Topliss-reactive ketones (excluding diaryl/α,β-unsaturated/α-hetero) is 1. The van der Waals surface area contributed by atoms with E-state index in [0.717, 1.165) is 24.2 Å². The third-order valence-corrected chi connectivity index (χ3v) is 7.51. The number of nitrogens with zero attached hydrogens (tertiary/aromatic N) is 3. The van der Waals surface area contributed by atoms with Gasteiger partial charge in [0, 0.05) is 12.0 Å². The highest BCUT2D eigenvalue weighted by molar-refractivity contribution is 7.15. The van der Waals surface area contributed by atoms with Gasteiger partial charge in [-0.1, -0.05) is 30.7 Å². The molecule has 1 amide bonds. The first-order chi connectivity index (χ1) is 18.8. The van der Waals surface area contributed by atoms with Gasteiger partial charge in [0.05, 0.1) is 24.8 Å². The van der Waals surface area contributed by atoms with E-state index in [1.807, 2.05) is 19.9 Å². The molecule has 0 bridgehead atoms. The number of rotatable bonds is 9. The number of fused-ring (bicyclic) bond motifs is 1. The van der Waals surface area contributed by atoms with Crippen molar-refractivity contribution < 1.29 is 28.9 Å². The quantitative estimate of drug-likeness (QED) is 0.164. The highest BCUT2D eigenvalue weighted by Crippen LogP contribution is 2.45. The lowest BCUT2D eigenvalue weighted by Gasteiger charge is -2.23. The van der Waals surface area contributed by atoms with Crippen LogP contribution >= 0.6 is 11.3 Å². The fourth-order valence-corrected chi connectivity index (χ4v) is 5.58. The second kappa shape index (κ2) is 11.1. The van der Waals surface area contributed by atoms with E-state index in [4.69, 9.17) is 14.2 Å². The van der Waals surface area contributed by atoms with Crippen LogP contribution in [0.5, 0.6) is 17.2 Å².